The molecule has 1 aliphatic carbocycles. The number of nitrogens with one attached hydrogen (secondary N) is 1. The molecule has 8 heteroatoms. The summed E-state index contributed by atoms with van der Waals surface area (Å²) in [5.74, 6) is -0.488. The van der Waals surface area contributed by atoms with Gasteiger partial charge >= 0.3 is 0 Å². The van der Waals surface area contributed by atoms with Crippen LogP contribution in [0.1, 0.15) is 38.5 Å². The van der Waals surface area contributed by atoms with E-state index in [4.69, 9.17) is 5.73 Å². The van der Waals surface area contributed by atoms with Gasteiger partial charge in [0.2, 0.25) is 15.9 Å². The molecular formula is C17H24FN3O3S. The van der Waals surface area contributed by atoms with E-state index in [0.29, 0.717) is 25.9 Å². The molecular weight excluding hydrogens is 345 g/mol. The highest BCUT2D eigenvalue weighted by molar-refractivity contribution is 7.89. The van der Waals surface area contributed by atoms with Gasteiger partial charge in [0.1, 0.15) is 5.82 Å². The predicted molar refractivity (Wildman–Crippen MR) is 91.7 cm³/mol. The van der Waals surface area contributed by atoms with E-state index in [-0.39, 0.29) is 16.8 Å². The summed E-state index contributed by atoms with van der Waals surface area (Å²) in [7, 11) is -3.69. The van der Waals surface area contributed by atoms with Crippen LogP contribution in [0.15, 0.2) is 29.2 Å². The Balaban J connectivity index is 1.57. The van der Waals surface area contributed by atoms with Gasteiger partial charge in [-0.1, -0.05) is 12.8 Å². The molecule has 1 aromatic carbocycles. The lowest BCUT2D eigenvalue weighted by atomic mass is 9.95. The summed E-state index contributed by atoms with van der Waals surface area (Å²) < 4.78 is 40.3. The zero-order valence-corrected chi connectivity index (χ0v) is 14.9. The zero-order valence-electron chi connectivity index (χ0n) is 14.1. The molecule has 3 N–H and O–H groups in total. The maximum Gasteiger partial charge on any atom is 0.242 e. The van der Waals surface area contributed by atoms with E-state index in [1.54, 1.807) is 4.90 Å². The molecule has 0 atom stereocenters. The van der Waals surface area contributed by atoms with Crippen molar-refractivity contribution in [1.29, 1.82) is 0 Å². The molecule has 0 radical (unpaired) electrons. The van der Waals surface area contributed by atoms with Crippen LogP contribution in [0.2, 0.25) is 0 Å². The van der Waals surface area contributed by atoms with Gasteiger partial charge in [0, 0.05) is 19.1 Å². The number of hydrogen-bond donors (Lipinski definition) is 2. The molecule has 1 aliphatic heterocycles. The van der Waals surface area contributed by atoms with Gasteiger partial charge in [0.25, 0.3) is 0 Å². The highest BCUT2D eigenvalue weighted by Crippen LogP contribution is 2.30. The number of sulfonamides is 1. The van der Waals surface area contributed by atoms with E-state index in [2.05, 4.69) is 4.72 Å². The molecule has 2 fully saturated rings. The smallest absolute Gasteiger partial charge is 0.242 e. The summed E-state index contributed by atoms with van der Waals surface area (Å²) in [6.45, 7) is 0.989. The lowest BCUT2D eigenvalue weighted by Crippen LogP contribution is -2.56. The van der Waals surface area contributed by atoms with Crippen molar-refractivity contribution in [3.63, 3.8) is 0 Å². The number of amides is 1. The molecule has 1 heterocycles. The monoisotopic (exact) mass is 369 g/mol. The Labute approximate surface area is 147 Å². The first kappa shape index (κ1) is 18.3. The van der Waals surface area contributed by atoms with Gasteiger partial charge in [-0.2, -0.15) is 0 Å². The van der Waals surface area contributed by atoms with Crippen molar-refractivity contribution in [3.8, 4) is 0 Å². The highest BCUT2D eigenvalue weighted by atomic mass is 32.2. The standard InChI is InChI=1S/C17H24FN3O3S/c18-13-3-5-15(6-4-13)25(23,24)20-14-7-11-21(12-8-14)16(22)17(19)9-1-2-10-17/h3-6,14,20H,1-2,7-12,19H2. The van der Waals surface area contributed by atoms with Gasteiger partial charge in [-0.25, -0.2) is 17.5 Å². The number of benzene rings is 1. The first-order valence-corrected chi connectivity index (χ1v) is 10.1. The van der Waals surface area contributed by atoms with Gasteiger partial charge in [-0.3, -0.25) is 4.79 Å². The predicted octanol–water partition coefficient (Wildman–Crippen LogP) is 1.37. The largest absolute Gasteiger partial charge is 0.341 e. The lowest BCUT2D eigenvalue weighted by Gasteiger charge is -2.36. The number of piperidine rings is 1. The molecule has 1 saturated heterocycles. The molecule has 138 valence electrons. The molecule has 25 heavy (non-hydrogen) atoms. The van der Waals surface area contributed by atoms with Gasteiger partial charge in [0.15, 0.2) is 0 Å². The topological polar surface area (TPSA) is 92.5 Å². The van der Waals surface area contributed by atoms with Crippen molar-refractivity contribution in [1.82, 2.24) is 9.62 Å². The number of carbonyl (C=O) groups is 1. The minimum Gasteiger partial charge on any atom is -0.341 e. The van der Waals surface area contributed by atoms with E-state index in [9.17, 15) is 17.6 Å². The molecule has 0 aromatic heterocycles. The second-order valence-electron chi connectivity index (χ2n) is 7.00. The van der Waals surface area contributed by atoms with Crippen LogP contribution < -0.4 is 10.5 Å². The minimum atomic E-state index is -3.69. The van der Waals surface area contributed by atoms with Crippen molar-refractivity contribution >= 4 is 15.9 Å². The molecule has 1 aromatic rings. The van der Waals surface area contributed by atoms with E-state index in [0.717, 1.165) is 37.8 Å². The number of nitrogens with two attached hydrogens (primary N) is 1. The third-order valence-corrected chi connectivity index (χ3v) is 6.69. The SMILES string of the molecule is NC1(C(=O)N2CCC(NS(=O)(=O)c3ccc(F)cc3)CC2)CCCC1. The van der Waals surface area contributed by atoms with Gasteiger partial charge in [0.05, 0.1) is 10.4 Å². The van der Waals surface area contributed by atoms with E-state index >= 15 is 0 Å². The average Bonchev–Trinajstić information content (AvgIpc) is 3.03. The Kier molecular flexibility index (Phi) is 5.13. The van der Waals surface area contributed by atoms with Crippen LogP contribution in [-0.4, -0.2) is 43.9 Å². The van der Waals surface area contributed by atoms with Crippen molar-refractivity contribution in [3.05, 3.63) is 30.1 Å². The van der Waals surface area contributed by atoms with Gasteiger partial charge in [-0.15, -0.1) is 0 Å². The van der Waals surface area contributed by atoms with Crippen LogP contribution in [0.5, 0.6) is 0 Å². The van der Waals surface area contributed by atoms with E-state index in [1.165, 1.54) is 12.1 Å². The Hall–Kier alpha value is -1.51. The highest BCUT2D eigenvalue weighted by Gasteiger charge is 2.40. The van der Waals surface area contributed by atoms with E-state index < -0.39 is 21.4 Å². The number of nitrogens with zero attached hydrogens (tertiary/aromatic N) is 1. The molecule has 3 rings (SSSR count). The number of likely N-dealkylation sites (tertiary alicyclic amines) is 1. The van der Waals surface area contributed by atoms with Gasteiger partial charge < -0.3 is 10.6 Å². The van der Waals surface area contributed by atoms with Crippen molar-refractivity contribution in [2.45, 2.75) is 55.0 Å². The van der Waals surface area contributed by atoms with Gasteiger partial charge in [-0.05, 0) is 49.9 Å². The van der Waals surface area contributed by atoms with Crippen molar-refractivity contribution < 1.29 is 17.6 Å². The Morgan fingerprint density at radius 3 is 2.28 bits per heavy atom. The summed E-state index contributed by atoms with van der Waals surface area (Å²) in [6.07, 6.45) is 4.50. The van der Waals surface area contributed by atoms with Crippen LogP contribution in [-0.2, 0) is 14.8 Å². The third kappa shape index (κ3) is 4.02. The number of hydrogen-bond acceptors (Lipinski definition) is 4. The molecule has 0 spiro atoms. The molecule has 1 saturated carbocycles. The summed E-state index contributed by atoms with van der Waals surface area (Å²) in [5.41, 5.74) is 5.49. The maximum absolute atomic E-state index is 12.9. The first-order chi connectivity index (χ1) is 11.8. The Morgan fingerprint density at radius 1 is 1.16 bits per heavy atom. The van der Waals surface area contributed by atoms with Crippen LogP contribution in [0.3, 0.4) is 0 Å². The fourth-order valence-corrected chi connectivity index (χ4v) is 4.94. The van der Waals surface area contributed by atoms with Crippen molar-refractivity contribution in [2.75, 3.05) is 13.1 Å². The fraction of sp³-hybridized carbons (Fsp3) is 0.588. The first-order valence-electron chi connectivity index (χ1n) is 8.66. The third-order valence-electron chi connectivity index (χ3n) is 5.15. The summed E-state index contributed by atoms with van der Waals surface area (Å²) in [6, 6.07) is 4.50. The average molecular weight is 369 g/mol. The Morgan fingerprint density at radius 2 is 1.72 bits per heavy atom. The second kappa shape index (κ2) is 7.01. The van der Waals surface area contributed by atoms with Crippen LogP contribution in [0.25, 0.3) is 0 Å². The molecule has 1 amide bonds. The molecule has 2 aliphatic rings. The Bertz CT molecular complexity index is 722. The second-order valence-corrected chi connectivity index (χ2v) is 8.72. The normalized spacial score (nSPS) is 21.4. The molecule has 0 unspecified atom stereocenters. The fourth-order valence-electron chi connectivity index (χ4n) is 3.64. The summed E-state index contributed by atoms with van der Waals surface area (Å²) in [4.78, 5) is 14.4. The maximum atomic E-state index is 12.9. The number of halogens is 1. The quantitative estimate of drug-likeness (QED) is 0.838. The molecule has 0 bridgehead atoms. The molecule has 6 nitrogen and oxygen atoms in total. The van der Waals surface area contributed by atoms with E-state index in [1.807, 2.05) is 0 Å². The summed E-state index contributed by atoms with van der Waals surface area (Å²) in [5, 5.41) is 0. The number of rotatable bonds is 4. The number of carbonyl (C=O) groups excluding carboxylic acids is 1. The van der Waals surface area contributed by atoms with Crippen LogP contribution >= 0.6 is 0 Å². The summed E-state index contributed by atoms with van der Waals surface area (Å²) >= 11 is 0. The van der Waals surface area contributed by atoms with Crippen LogP contribution in [0.4, 0.5) is 4.39 Å². The van der Waals surface area contributed by atoms with Crippen molar-refractivity contribution in [2.24, 2.45) is 5.73 Å². The lowest BCUT2D eigenvalue weighted by molar-refractivity contribution is -0.137. The van der Waals surface area contributed by atoms with Crippen LogP contribution in [0, 0.1) is 5.82 Å². The minimum absolute atomic E-state index is 0.00941. The zero-order chi connectivity index (χ0) is 18.1.